The molecular formula is C35H32ClF2N15O. The summed E-state index contributed by atoms with van der Waals surface area (Å²) in [6.45, 7) is 7.39. The summed E-state index contributed by atoms with van der Waals surface area (Å²) in [6, 6.07) is 8.26. The van der Waals surface area contributed by atoms with Crippen molar-refractivity contribution in [1.29, 1.82) is 0 Å². The summed E-state index contributed by atoms with van der Waals surface area (Å²) in [4.78, 5) is 28.5. The standard InChI is InChI=1S/C10H8FN3.C9H10N4O.C8H7ClN4.C8H7FN4/c1-7-5-8(11)6-14-9(7)10-12-3-2-4-13-10;1-7-5-8(14-2)6-10-9(7)13-11-3-4-12-13;2*1-6-4-7(9)5-10-8(6)13-11-2-3-12-13/h2-6H,1H3;3-6H,1-2H3;2*2-5H,1H3. The Hall–Kier alpha value is -6.95. The second kappa shape index (κ2) is 18.5. The van der Waals surface area contributed by atoms with E-state index in [2.05, 4.69) is 60.5 Å². The number of ether oxygens (including phenoxy) is 1. The number of rotatable bonds is 5. The van der Waals surface area contributed by atoms with Crippen LogP contribution >= 0.6 is 11.6 Å². The van der Waals surface area contributed by atoms with Gasteiger partial charge in [-0.3, -0.25) is 0 Å². The smallest absolute Gasteiger partial charge is 0.178 e. The molecule has 54 heavy (non-hydrogen) atoms. The molecule has 0 aliphatic heterocycles. The van der Waals surface area contributed by atoms with Gasteiger partial charge in [-0.1, -0.05) is 11.6 Å². The van der Waals surface area contributed by atoms with Crippen molar-refractivity contribution in [3.8, 4) is 34.7 Å². The van der Waals surface area contributed by atoms with Gasteiger partial charge in [0.2, 0.25) is 0 Å². The number of nitrogens with zero attached hydrogens (tertiary/aromatic N) is 15. The van der Waals surface area contributed by atoms with E-state index in [9.17, 15) is 8.78 Å². The van der Waals surface area contributed by atoms with E-state index in [1.165, 1.54) is 32.7 Å². The van der Waals surface area contributed by atoms with Crippen molar-refractivity contribution < 1.29 is 13.5 Å². The first kappa shape index (κ1) is 38.3. The highest BCUT2D eigenvalue weighted by Crippen LogP contribution is 2.17. The van der Waals surface area contributed by atoms with E-state index < -0.39 is 0 Å². The molecule has 0 amide bonds. The van der Waals surface area contributed by atoms with Gasteiger partial charge in [0.05, 0.1) is 67.9 Å². The molecule has 16 nitrogen and oxygen atoms in total. The minimum absolute atomic E-state index is 0.345. The zero-order valence-electron chi connectivity index (χ0n) is 29.6. The Morgan fingerprint density at radius 2 is 0.926 bits per heavy atom. The summed E-state index contributed by atoms with van der Waals surface area (Å²) < 4.78 is 30.5. The third-order valence-electron chi connectivity index (χ3n) is 6.94. The first-order valence-electron chi connectivity index (χ1n) is 15.9. The van der Waals surface area contributed by atoms with Crippen LogP contribution < -0.4 is 4.74 Å². The van der Waals surface area contributed by atoms with Gasteiger partial charge in [-0.2, -0.15) is 30.6 Å². The topological polar surface area (TPSA) is 179 Å². The predicted molar refractivity (Wildman–Crippen MR) is 193 cm³/mol. The molecule has 0 spiro atoms. The van der Waals surface area contributed by atoms with Gasteiger partial charge in [0.25, 0.3) is 0 Å². The number of pyridine rings is 4. The number of hydrogen-bond donors (Lipinski definition) is 0. The third kappa shape index (κ3) is 10.3. The fraction of sp³-hybridized carbons (Fsp3) is 0.143. The van der Waals surface area contributed by atoms with E-state index in [0.717, 1.165) is 34.5 Å². The van der Waals surface area contributed by atoms with Crippen LogP contribution in [0.25, 0.3) is 29.0 Å². The van der Waals surface area contributed by atoms with Crippen LogP contribution in [0.4, 0.5) is 8.78 Å². The van der Waals surface area contributed by atoms with Gasteiger partial charge in [0, 0.05) is 18.6 Å². The highest BCUT2D eigenvalue weighted by molar-refractivity contribution is 6.30. The van der Waals surface area contributed by atoms with Gasteiger partial charge in [-0.15, -0.1) is 14.4 Å². The molecule has 0 aliphatic rings. The quantitative estimate of drug-likeness (QED) is 0.209. The lowest BCUT2D eigenvalue weighted by Gasteiger charge is -2.04. The maximum Gasteiger partial charge on any atom is 0.178 e. The van der Waals surface area contributed by atoms with Gasteiger partial charge in [0.1, 0.15) is 23.1 Å². The minimum Gasteiger partial charge on any atom is -0.495 e. The normalized spacial score (nSPS) is 10.2. The Morgan fingerprint density at radius 3 is 1.37 bits per heavy atom. The van der Waals surface area contributed by atoms with Crippen molar-refractivity contribution in [2.45, 2.75) is 27.7 Å². The summed E-state index contributed by atoms with van der Waals surface area (Å²) in [5.41, 5.74) is 3.98. The van der Waals surface area contributed by atoms with Crippen LogP contribution in [0.3, 0.4) is 0 Å². The van der Waals surface area contributed by atoms with Gasteiger partial charge < -0.3 is 4.74 Å². The molecule has 0 fully saturated rings. The predicted octanol–water partition coefficient (Wildman–Crippen LogP) is 5.70. The molecule has 0 radical (unpaired) electrons. The molecule has 0 unspecified atom stereocenters. The zero-order chi connectivity index (χ0) is 38.5. The van der Waals surface area contributed by atoms with E-state index in [0.29, 0.717) is 33.7 Å². The largest absolute Gasteiger partial charge is 0.495 e. The number of methoxy groups -OCH3 is 1. The van der Waals surface area contributed by atoms with Crippen LogP contribution in [-0.4, -0.2) is 82.0 Å². The van der Waals surface area contributed by atoms with Crippen molar-refractivity contribution >= 4 is 11.6 Å². The van der Waals surface area contributed by atoms with Crippen molar-refractivity contribution in [3.63, 3.8) is 0 Å². The van der Waals surface area contributed by atoms with Crippen molar-refractivity contribution in [2.24, 2.45) is 0 Å². The zero-order valence-corrected chi connectivity index (χ0v) is 30.3. The summed E-state index contributed by atoms with van der Waals surface area (Å²) in [6.07, 6.45) is 18.3. The molecule has 0 N–H and O–H groups in total. The van der Waals surface area contributed by atoms with Gasteiger partial charge in [-0.25, -0.2) is 38.7 Å². The number of aryl methyl sites for hydroxylation is 4. The molecule has 8 rings (SSSR count). The second-order valence-electron chi connectivity index (χ2n) is 11.0. The van der Waals surface area contributed by atoms with E-state index in [1.54, 1.807) is 89.0 Å². The summed E-state index contributed by atoms with van der Waals surface area (Å²) in [7, 11) is 1.61. The Bertz CT molecular complexity index is 2280. The highest BCUT2D eigenvalue weighted by atomic mass is 35.5. The summed E-state index contributed by atoms with van der Waals surface area (Å²) >= 11 is 5.77. The molecule has 274 valence electrons. The lowest BCUT2D eigenvalue weighted by atomic mass is 10.2. The van der Waals surface area contributed by atoms with E-state index in [4.69, 9.17) is 16.3 Å². The second-order valence-corrected chi connectivity index (χ2v) is 11.4. The Morgan fingerprint density at radius 1 is 0.500 bits per heavy atom. The maximum atomic E-state index is 12.8. The lowest BCUT2D eigenvalue weighted by molar-refractivity contribution is 0.412. The molecule has 0 atom stereocenters. The van der Waals surface area contributed by atoms with E-state index in [1.807, 2.05) is 26.0 Å². The molecule has 8 heterocycles. The van der Waals surface area contributed by atoms with Crippen molar-refractivity contribution in [1.82, 2.24) is 74.9 Å². The Balaban J connectivity index is 0.000000139. The average Bonchev–Trinajstić information content (AvgIpc) is 3.99. The van der Waals surface area contributed by atoms with Crippen LogP contribution in [0, 0.1) is 39.3 Å². The lowest BCUT2D eigenvalue weighted by Crippen LogP contribution is -2.04. The van der Waals surface area contributed by atoms with Crippen molar-refractivity contribution in [3.05, 3.63) is 144 Å². The fourth-order valence-electron chi connectivity index (χ4n) is 4.52. The van der Waals surface area contributed by atoms with Crippen LogP contribution in [0.1, 0.15) is 22.3 Å². The Kier molecular flexibility index (Phi) is 13.1. The van der Waals surface area contributed by atoms with Gasteiger partial charge >= 0.3 is 0 Å². The summed E-state index contributed by atoms with van der Waals surface area (Å²) in [5.74, 6) is 2.52. The molecule has 8 aromatic rings. The van der Waals surface area contributed by atoms with Crippen LogP contribution in [0.15, 0.2) is 105 Å². The first-order valence-corrected chi connectivity index (χ1v) is 16.2. The van der Waals surface area contributed by atoms with Crippen LogP contribution in [0.2, 0.25) is 5.02 Å². The SMILES string of the molecule is COc1cnc(-n2nccn2)c(C)c1.Cc1cc(Cl)cnc1-n1nccn1.Cc1cc(F)cnc1-c1ncccn1.Cc1cc(F)cnc1-n1nccn1. The first-order chi connectivity index (χ1) is 26.1. The molecule has 0 aromatic carbocycles. The molecule has 0 aliphatic carbocycles. The van der Waals surface area contributed by atoms with Crippen LogP contribution in [-0.2, 0) is 0 Å². The molecule has 0 saturated carbocycles. The highest BCUT2D eigenvalue weighted by Gasteiger charge is 2.08. The fourth-order valence-corrected chi connectivity index (χ4v) is 4.73. The minimum atomic E-state index is -0.353. The van der Waals surface area contributed by atoms with Gasteiger partial charge in [0.15, 0.2) is 23.3 Å². The average molecular weight is 752 g/mol. The van der Waals surface area contributed by atoms with Gasteiger partial charge in [-0.05, 0) is 80.3 Å². The molecule has 19 heteroatoms. The number of hydrogen-bond acceptors (Lipinski definition) is 13. The van der Waals surface area contributed by atoms with E-state index in [-0.39, 0.29) is 11.6 Å². The Labute approximate surface area is 312 Å². The molecule has 0 saturated heterocycles. The van der Waals surface area contributed by atoms with E-state index >= 15 is 0 Å². The van der Waals surface area contributed by atoms with Crippen molar-refractivity contribution in [2.75, 3.05) is 7.11 Å². The molecular weight excluding hydrogens is 720 g/mol. The molecule has 0 bridgehead atoms. The maximum absolute atomic E-state index is 12.8. The number of halogens is 3. The third-order valence-corrected chi connectivity index (χ3v) is 7.15. The van der Waals surface area contributed by atoms with Crippen LogP contribution in [0.5, 0.6) is 5.75 Å². The summed E-state index contributed by atoms with van der Waals surface area (Å²) in [5, 5.41) is 24.4. The molecule has 8 aromatic heterocycles. The number of aromatic nitrogens is 15. The monoisotopic (exact) mass is 751 g/mol.